The molecule has 0 bridgehead atoms. The van der Waals surface area contributed by atoms with Crippen LogP contribution < -0.4 is 11.0 Å². The molecule has 2 N–H and O–H groups in total. The predicted octanol–water partition coefficient (Wildman–Crippen LogP) is 1.27. The van der Waals surface area contributed by atoms with Gasteiger partial charge in [0, 0.05) is 24.4 Å². The number of carbonyl (C=O) groups excluding carboxylic acids is 1. The number of aromatic amines is 1. The number of hydrogen-bond donors (Lipinski definition) is 2. The quantitative estimate of drug-likeness (QED) is 0.563. The Balaban J connectivity index is 1.65. The van der Waals surface area contributed by atoms with Gasteiger partial charge in [-0.25, -0.2) is 14.3 Å². The molecule has 3 heterocycles. The molecule has 0 aliphatic carbocycles. The first-order chi connectivity index (χ1) is 12.7. The van der Waals surface area contributed by atoms with E-state index in [-0.39, 0.29) is 11.6 Å². The summed E-state index contributed by atoms with van der Waals surface area (Å²) in [5.41, 5.74) is 1.72. The lowest BCUT2D eigenvalue weighted by Gasteiger charge is -2.07. The van der Waals surface area contributed by atoms with E-state index < -0.39 is 5.69 Å². The maximum atomic E-state index is 12.6. The molecule has 1 amide bonds. The fraction of sp³-hybridized carbons (Fsp3) is 0.176. The van der Waals surface area contributed by atoms with Crippen LogP contribution >= 0.6 is 0 Å². The number of ether oxygens (including phenoxy) is 1. The van der Waals surface area contributed by atoms with Gasteiger partial charge in [0.2, 0.25) is 0 Å². The second-order valence-electron chi connectivity index (χ2n) is 5.73. The summed E-state index contributed by atoms with van der Waals surface area (Å²) in [7, 11) is 1.64. The molecule has 0 fully saturated rings. The smallest absolute Gasteiger partial charge is 0.347 e. The Hall–Kier alpha value is -3.46. The summed E-state index contributed by atoms with van der Waals surface area (Å²) in [6.45, 7) is 1.16. The van der Waals surface area contributed by atoms with E-state index in [1.165, 1.54) is 4.40 Å². The van der Waals surface area contributed by atoms with E-state index >= 15 is 0 Å². The van der Waals surface area contributed by atoms with Gasteiger partial charge in [-0.3, -0.25) is 9.48 Å². The zero-order valence-electron chi connectivity index (χ0n) is 14.0. The minimum atomic E-state index is -0.391. The van der Waals surface area contributed by atoms with Crippen molar-refractivity contribution in [3.8, 4) is 0 Å². The maximum Gasteiger partial charge on any atom is 0.347 e. The number of hydrogen-bond acceptors (Lipinski definition) is 5. The van der Waals surface area contributed by atoms with Crippen molar-refractivity contribution < 1.29 is 9.53 Å². The van der Waals surface area contributed by atoms with Crippen molar-refractivity contribution in [3.63, 3.8) is 0 Å². The van der Waals surface area contributed by atoms with Crippen molar-refractivity contribution in [1.29, 1.82) is 0 Å². The minimum absolute atomic E-state index is 0.279. The Labute approximate surface area is 147 Å². The highest BCUT2D eigenvalue weighted by Gasteiger charge is 2.14. The van der Waals surface area contributed by atoms with Crippen molar-refractivity contribution in [3.05, 3.63) is 58.8 Å². The molecule has 4 rings (SSSR count). The highest BCUT2D eigenvalue weighted by atomic mass is 16.5. The van der Waals surface area contributed by atoms with E-state index in [0.717, 1.165) is 10.9 Å². The van der Waals surface area contributed by atoms with Crippen LogP contribution in [-0.2, 0) is 11.3 Å². The van der Waals surface area contributed by atoms with E-state index in [0.29, 0.717) is 24.4 Å². The third kappa shape index (κ3) is 2.74. The molecule has 9 heteroatoms. The van der Waals surface area contributed by atoms with Crippen LogP contribution in [0.3, 0.4) is 0 Å². The Kier molecular flexibility index (Phi) is 3.98. The van der Waals surface area contributed by atoms with E-state index in [9.17, 15) is 9.59 Å². The molecule has 132 valence electrons. The Bertz CT molecular complexity index is 1160. The molecular weight excluding hydrogens is 336 g/mol. The third-order valence-corrected chi connectivity index (χ3v) is 4.10. The second kappa shape index (κ2) is 6.45. The van der Waals surface area contributed by atoms with Gasteiger partial charge in [-0.05, 0) is 30.3 Å². The number of amides is 1. The number of pyridine rings is 1. The van der Waals surface area contributed by atoms with Gasteiger partial charge in [0.05, 0.1) is 30.4 Å². The summed E-state index contributed by atoms with van der Waals surface area (Å²) in [5.74, 6) is -0.350. The van der Waals surface area contributed by atoms with Crippen molar-refractivity contribution >= 4 is 28.1 Å². The molecule has 0 radical (unpaired) electrons. The average molecular weight is 352 g/mol. The van der Waals surface area contributed by atoms with Crippen LogP contribution in [-0.4, -0.2) is 44.0 Å². The largest absolute Gasteiger partial charge is 0.383 e. The van der Waals surface area contributed by atoms with Crippen LogP contribution in [0.25, 0.3) is 16.6 Å². The van der Waals surface area contributed by atoms with Crippen molar-refractivity contribution in [2.45, 2.75) is 6.54 Å². The second-order valence-corrected chi connectivity index (χ2v) is 5.73. The van der Waals surface area contributed by atoms with Gasteiger partial charge >= 0.3 is 5.69 Å². The van der Waals surface area contributed by atoms with Gasteiger partial charge in [-0.1, -0.05) is 0 Å². The Morgan fingerprint density at radius 2 is 2.23 bits per heavy atom. The first-order valence-electron chi connectivity index (χ1n) is 7.99. The summed E-state index contributed by atoms with van der Waals surface area (Å²) < 4.78 is 8.20. The molecule has 4 aromatic rings. The van der Waals surface area contributed by atoms with Gasteiger partial charge in [0.25, 0.3) is 5.91 Å². The first kappa shape index (κ1) is 16.0. The SMILES string of the molecule is COCCn1ncc2ccc(NC(=O)c3cccn4c(=O)[nH]nc34)cc21. The standard InChI is InChI=1S/C17H16N6O3/c1-26-8-7-23-14-9-12(5-4-11(14)10-18-23)19-16(24)13-3-2-6-22-15(13)20-21-17(22)25/h2-6,9-10H,7-8H2,1H3,(H,19,24)(H,21,25). The van der Waals surface area contributed by atoms with Crippen LogP contribution in [0.15, 0.2) is 47.5 Å². The van der Waals surface area contributed by atoms with Crippen molar-refractivity contribution in [2.75, 3.05) is 19.0 Å². The molecule has 0 aliphatic heterocycles. The van der Waals surface area contributed by atoms with Crippen LogP contribution in [0.4, 0.5) is 5.69 Å². The molecule has 3 aromatic heterocycles. The zero-order chi connectivity index (χ0) is 18.1. The lowest BCUT2D eigenvalue weighted by molar-refractivity contribution is 0.102. The molecule has 0 atom stereocenters. The van der Waals surface area contributed by atoms with Crippen molar-refractivity contribution in [2.24, 2.45) is 0 Å². The summed E-state index contributed by atoms with van der Waals surface area (Å²) in [6, 6.07) is 8.79. The monoisotopic (exact) mass is 352 g/mol. The number of nitrogens with one attached hydrogen (secondary N) is 2. The number of benzene rings is 1. The van der Waals surface area contributed by atoms with E-state index in [1.54, 1.807) is 37.7 Å². The lowest BCUT2D eigenvalue weighted by Crippen LogP contribution is -2.15. The normalized spacial score (nSPS) is 11.3. The Morgan fingerprint density at radius 3 is 3.08 bits per heavy atom. The van der Waals surface area contributed by atoms with Gasteiger partial charge in [0.15, 0.2) is 5.65 Å². The summed E-state index contributed by atoms with van der Waals surface area (Å²) in [6.07, 6.45) is 3.33. The number of carbonyl (C=O) groups is 1. The van der Waals surface area contributed by atoms with Crippen LogP contribution in [0, 0.1) is 0 Å². The molecule has 0 saturated carbocycles. The zero-order valence-corrected chi connectivity index (χ0v) is 14.0. The summed E-state index contributed by atoms with van der Waals surface area (Å²) in [4.78, 5) is 24.3. The minimum Gasteiger partial charge on any atom is -0.383 e. The number of aromatic nitrogens is 5. The van der Waals surface area contributed by atoms with Crippen LogP contribution in [0.5, 0.6) is 0 Å². The number of rotatable bonds is 5. The molecule has 0 unspecified atom stereocenters. The number of fused-ring (bicyclic) bond motifs is 2. The maximum absolute atomic E-state index is 12.6. The van der Waals surface area contributed by atoms with E-state index in [4.69, 9.17) is 4.74 Å². The number of nitrogens with zero attached hydrogens (tertiary/aromatic N) is 4. The molecular formula is C17H16N6O3. The van der Waals surface area contributed by atoms with Crippen LogP contribution in [0.2, 0.25) is 0 Å². The third-order valence-electron chi connectivity index (χ3n) is 4.10. The molecule has 9 nitrogen and oxygen atoms in total. The molecule has 0 saturated heterocycles. The van der Waals surface area contributed by atoms with Crippen molar-refractivity contribution in [1.82, 2.24) is 24.4 Å². The highest BCUT2D eigenvalue weighted by Crippen LogP contribution is 2.20. The summed E-state index contributed by atoms with van der Waals surface area (Å²) >= 11 is 0. The van der Waals surface area contributed by atoms with Gasteiger partial charge in [-0.2, -0.15) is 10.2 Å². The van der Waals surface area contributed by atoms with Gasteiger partial charge in [0.1, 0.15) is 0 Å². The topological polar surface area (TPSA) is 106 Å². The van der Waals surface area contributed by atoms with Gasteiger partial charge < -0.3 is 10.1 Å². The Morgan fingerprint density at radius 1 is 1.35 bits per heavy atom. The first-order valence-corrected chi connectivity index (χ1v) is 7.99. The average Bonchev–Trinajstić information content (AvgIpc) is 3.23. The molecule has 0 aliphatic rings. The summed E-state index contributed by atoms with van der Waals surface area (Å²) in [5, 5.41) is 14.4. The number of methoxy groups -OCH3 is 1. The lowest BCUT2D eigenvalue weighted by atomic mass is 10.2. The fourth-order valence-electron chi connectivity index (χ4n) is 2.81. The predicted molar refractivity (Wildman–Crippen MR) is 95.4 cm³/mol. The molecule has 0 spiro atoms. The molecule has 26 heavy (non-hydrogen) atoms. The molecule has 1 aromatic carbocycles. The highest BCUT2D eigenvalue weighted by molar-refractivity contribution is 6.08. The number of H-pyrrole nitrogens is 1. The van der Waals surface area contributed by atoms with Crippen LogP contribution in [0.1, 0.15) is 10.4 Å². The van der Waals surface area contributed by atoms with E-state index in [1.807, 2.05) is 16.8 Å². The fourth-order valence-corrected chi connectivity index (χ4v) is 2.81. The van der Waals surface area contributed by atoms with Gasteiger partial charge in [-0.15, -0.1) is 0 Å². The van der Waals surface area contributed by atoms with E-state index in [2.05, 4.69) is 20.6 Å². The number of anilines is 1.